The van der Waals surface area contributed by atoms with Crippen LogP contribution in [0.1, 0.15) is 5.56 Å². The van der Waals surface area contributed by atoms with Crippen molar-refractivity contribution in [3.05, 3.63) is 37.3 Å². The van der Waals surface area contributed by atoms with Crippen molar-refractivity contribution in [3.63, 3.8) is 0 Å². The standard InChI is InChI=1S/C7H5BrClNO3/c8-7-4(3-11)1-5(9)2-6(7)10(12)13/h1-2,11H,3H2. The first-order valence-corrected chi connectivity index (χ1v) is 4.46. The Kier molecular flexibility index (Phi) is 3.24. The van der Waals surface area contributed by atoms with Gasteiger partial charge in [-0.3, -0.25) is 10.1 Å². The van der Waals surface area contributed by atoms with Crippen LogP contribution in [0.4, 0.5) is 5.69 Å². The molecule has 0 unspecified atom stereocenters. The lowest BCUT2D eigenvalue weighted by Gasteiger charge is -2.02. The topological polar surface area (TPSA) is 63.4 Å². The van der Waals surface area contributed by atoms with Crippen molar-refractivity contribution in [1.82, 2.24) is 0 Å². The quantitative estimate of drug-likeness (QED) is 0.661. The number of nitro benzene ring substituents is 1. The molecular weight excluding hydrogens is 261 g/mol. The lowest BCUT2D eigenvalue weighted by molar-refractivity contribution is -0.385. The lowest BCUT2D eigenvalue weighted by Crippen LogP contribution is -1.94. The highest BCUT2D eigenvalue weighted by Crippen LogP contribution is 2.31. The SMILES string of the molecule is O=[N+]([O-])c1cc(Cl)cc(CO)c1Br. The predicted molar refractivity (Wildman–Crippen MR) is 51.7 cm³/mol. The first kappa shape index (κ1) is 10.4. The molecule has 0 heterocycles. The van der Waals surface area contributed by atoms with E-state index in [4.69, 9.17) is 16.7 Å². The molecule has 1 aromatic rings. The maximum Gasteiger partial charge on any atom is 0.285 e. The second-order valence-corrected chi connectivity index (χ2v) is 3.54. The Morgan fingerprint density at radius 2 is 2.23 bits per heavy atom. The number of hydrogen-bond acceptors (Lipinski definition) is 3. The third-order valence-electron chi connectivity index (χ3n) is 1.46. The van der Waals surface area contributed by atoms with Crippen LogP contribution in [0.3, 0.4) is 0 Å². The van der Waals surface area contributed by atoms with Crippen molar-refractivity contribution in [2.45, 2.75) is 6.61 Å². The van der Waals surface area contributed by atoms with Crippen LogP contribution in [0.25, 0.3) is 0 Å². The molecule has 0 spiro atoms. The van der Waals surface area contributed by atoms with Crippen molar-refractivity contribution in [3.8, 4) is 0 Å². The van der Waals surface area contributed by atoms with Gasteiger partial charge in [0.1, 0.15) is 4.47 Å². The number of hydrogen-bond donors (Lipinski definition) is 1. The van der Waals surface area contributed by atoms with Crippen LogP contribution in [-0.2, 0) is 6.61 Å². The summed E-state index contributed by atoms with van der Waals surface area (Å²) in [6, 6.07) is 2.70. The summed E-state index contributed by atoms with van der Waals surface area (Å²) in [6.07, 6.45) is 0. The van der Waals surface area contributed by atoms with Crippen LogP contribution in [0.15, 0.2) is 16.6 Å². The van der Waals surface area contributed by atoms with Crippen LogP contribution in [-0.4, -0.2) is 10.0 Å². The minimum absolute atomic E-state index is 0.142. The molecule has 0 saturated carbocycles. The zero-order valence-electron chi connectivity index (χ0n) is 6.33. The molecule has 0 aliphatic rings. The van der Waals surface area contributed by atoms with E-state index in [1.54, 1.807) is 0 Å². The number of aliphatic hydroxyl groups excluding tert-OH is 1. The molecule has 1 N–H and O–H groups in total. The Morgan fingerprint density at radius 1 is 1.62 bits per heavy atom. The molecule has 0 saturated heterocycles. The zero-order chi connectivity index (χ0) is 10.0. The Bertz CT molecular complexity index is 356. The summed E-state index contributed by atoms with van der Waals surface area (Å²) in [5.41, 5.74) is 0.260. The van der Waals surface area contributed by atoms with Gasteiger partial charge in [-0.25, -0.2) is 0 Å². The van der Waals surface area contributed by atoms with Crippen molar-refractivity contribution in [2.75, 3.05) is 0 Å². The highest BCUT2D eigenvalue weighted by Gasteiger charge is 2.16. The molecule has 0 aromatic heterocycles. The smallest absolute Gasteiger partial charge is 0.285 e. The Hall–Kier alpha value is -0.650. The third-order valence-corrected chi connectivity index (χ3v) is 2.59. The highest BCUT2D eigenvalue weighted by molar-refractivity contribution is 9.10. The molecule has 0 aliphatic heterocycles. The van der Waals surface area contributed by atoms with Crippen LogP contribution >= 0.6 is 27.5 Å². The van der Waals surface area contributed by atoms with Gasteiger partial charge in [-0.05, 0) is 22.0 Å². The van der Waals surface area contributed by atoms with Gasteiger partial charge < -0.3 is 5.11 Å². The molecule has 0 aliphatic carbocycles. The molecule has 13 heavy (non-hydrogen) atoms. The molecule has 0 amide bonds. The van der Waals surface area contributed by atoms with E-state index in [0.29, 0.717) is 5.56 Å². The van der Waals surface area contributed by atoms with E-state index >= 15 is 0 Å². The van der Waals surface area contributed by atoms with Crippen LogP contribution in [0.5, 0.6) is 0 Å². The first-order valence-electron chi connectivity index (χ1n) is 3.29. The summed E-state index contributed by atoms with van der Waals surface area (Å²) in [4.78, 5) is 9.92. The van der Waals surface area contributed by atoms with E-state index in [-0.39, 0.29) is 21.8 Å². The van der Waals surface area contributed by atoms with Crippen molar-refractivity contribution < 1.29 is 10.0 Å². The van der Waals surface area contributed by atoms with E-state index in [1.807, 2.05) is 0 Å². The van der Waals surface area contributed by atoms with Gasteiger partial charge in [-0.2, -0.15) is 0 Å². The maximum absolute atomic E-state index is 10.5. The molecule has 1 aromatic carbocycles. The van der Waals surface area contributed by atoms with Gasteiger partial charge in [0.25, 0.3) is 5.69 Å². The van der Waals surface area contributed by atoms with E-state index in [1.165, 1.54) is 12.1 Å². The number of halogens is 2. The van der Waals surface area contributed by atoms with Gasteiger partial charge in [0.2, 0.25) is 0 Å². The maximum atomic E-state index is 10.5. The van der Waals surface area contributed by atoms with Crippen molar-refractivity contribution >= 4 is 33.2 Å². The molecule has 6 heteroatoms. The number of nitrogens with zero attached hydrogens (tertiary/aromatic N) is 1. The Labute approximate surface area is 87.4 Å². The molecule has 0 bridgehead atoms. The summed E-state index contributed by atoms with van der Waals surface area (Å²) in [6.45, 7) is -0.290. The van der Waals surface area contributed by atoms with Crippen LogP contribution < -0.4 is 0 Å². The van der Waals surface area contributed by atoms with Crippen molar-refractivity contribution in [2.24, 2.45) is 0 Å². The molecule has 0 fully saturated rings. The summed E-state index contributed by atoms with van der Waals surface area (Å²) in [7, 11) is 0. The normalized spacial score (nSPS) is 10.1. The minimum Gasteiger partial charge on any atom is -0.392 e. The van der Waals surface area contributed by atoms with Crippen LogP contribution in [0.2, 0.25) is 5.02 Å². The predicted octanol–water partition coefficient (Wildman–Crippen LogP) is 2.50. The molecule has 4 nitrogen and oxygen atoms in total. The fourth-order valence-electron chi connectivity index (χ4n) is 0.878. The van der Waals surface area contributed by atoms with Gasteiger partial charge in [-0.15, -0.1) is 0 Å². The van der Waals surface area contributed by atoms with Gasteiger partial charge in [0.15, 0.2) is 0 Å². The third kappa shape index (κ3) is 2.18. The minimum atomic E-state index is -0.560. The molecule has 1 rings (SSSR count). The summed E-state index contributed by atoms with van der Waals surface area (Å²) >= 11 is 8.62. The molecule has 0 radical (unpaired) electrons. The lowest BCUT2D eigenvalue weighted by atomic mass is 10.2. The molecule has 0 atom stereocenters. The van der Waals surface area contributed by atoms with Gasteiger partial charge in [-0.1, -0.05) is 11.6 Å². The van der Waals surface area contributed by atoms with Crippen LogP contribution in [0, 0.1) is 10.1 Å². The summed E-state index contributed by atoms with van der Waals surface area (Å²) in [5.74, 6) is 0. The monoisotopic (exact) mass is 265 g/mol. The number of benzene rings is 1. The largest absolute Gasteiger partial charge is 0.392 e. The molecule has 70 valence electrons. The van der Waals surface area contributed by atoms with E-state index in [0.717, 1.165) is 0 Å². The first-order chi connectivity index (χ1) is 6.06. The van der Waals surface area contributed by atoms with E-state index in [9.17, 15) is 10.1 Å². The fourth-order valence-corrected chi connectivity index (χ4v) is 1.61. The van der Waals surface area contributed by atoms with Gasteiger partial charge >= 0.3 is 0 Å². The second kappa shape index (κ2) is 4.04. The average Bonchev–Trinajstić information content (AvgIpc) is 2.08. The zero-order valence-corrected chi connectivity index (χ0v) is 8.67. The Morgan fingerprint density at radius 3 is 2.69 bits per heavy atom. The number of aliphatic hydroxyl groups is 1. The average molecular weight is 266 g/mol. The van der Waals surface area contributed by atoms with Crippen molar-refractivity contribution in [1.29, 1.82) is 0 Å². The van der Waals surface area contributed by atoms with E-state index in [2.05, 4.69) is 15.9 Å². The van der Waals surface area contributed by atoms with Gasteiger partial charge in [0, 0.05) is 16.7 Å². The van der Waals surface area contributed by atoms with E-state index < -0.39 is 4.92 Å². The summed E-state index contributed by atoms with van der Waals surface area (Å²) < 4.78 is 0.268. The number of nitro groups is 1. The fraction of sp³-hybridized carbons (Fsp3) is 0.143. The summed E-state index contributed by atoms with van der Waals surface area (Å²) in [5, 5.41) is 19.6. The second-order valence-electron chi connectivity index (χ2n) is 2.31. The van der Waals surface area contributed by atoms with Gasteiger partial charge in [0.05, 0.1) is 11.5 Å². The Balaban J connectivity index is 3.35. The highest BCUT2D eigenvalue weighted by atomic mass is 79.9. The molecular formula is C7H5BrClNO3. The number of rotatable bonds is 2.